The van der Waals surface area contributed by atoms with Gasteiger partial charge in [0.25, 0.3) is 0 Å². The first-order chi connectivity index (χ1) is 14.8. The smallest absolute Gasteiger partial charge is 0 e. The van der Waals surface area contributed by atoms with Gasteiger partial charge in [0.05, 0.1) is 0 Å². The van der Waals surface area contributed by atoms with Gasteiger partial charge in [0.15, 0.2) is 0 Å². The summed E-state index contributed by atoms with van der Waals surface area (Å²) in [6.07, 6.45) is 0. The molecule has 0 aromatic rings. The van der Waals surface area contributed by atoms with Crippen LogP contribution in [0.1, 0.15) is 0 Å². The van der Waals surface area contributed by atoms with E-state index in [-0.39, 0.29) is 177 Å². The molecule has 6 unspecified atom stereocenters. The van der Waals surface area contributed by atoms with E-state index in [1.807, 2.05) is 0 Å². The molecule has 2 rings (SSSR count). The normalized spacial score (nSPS) is 23.7. The minimum Gasteiger partial charge on any atom is 0 e. The molecule has 6 radical (unpaired) electrons. The molecule has 12 nitrogen and oxygen atoms in total. The van der Waals surface area contributed by atoms with Crippen molar-refractivity contribution in [3.8, 4) is 0 Å². The fourth-order valence-corrected chi connectivity index (χ4v) is 62.2. The van der Waals surface area contributed by atoms with Crippen LogP contribution in [0.3, 0.4) is 0 Å². The van der Waals surface area contributed by atoms with Gasteiger partial charge in [-0.3, -0.25) is 0 Å². The Hall–Kier alpha value is 6.56. The number of aliphatic carboxylic acids is 6. The first kappa shape index (κ1) is 54.0. The molecule has 26 heteroatoms. The van der Waals surface area contributed by atoms with Gasteiger partial charge in [-0.05, 0) is 0 Å². The van der Waals surface area contributed by atoms with E-state index in [9.17, 15) is 59.4 Å². The largest absolute Gasteiger partial charge is 0 e. The molecule has 2 aliphatic rings. The van der Waals surface area contributed by atoms with Gasteiger partial charge in [0.2, 0.25) is 0 Å². The minimum absolute atomic E-state index is 0. The second kappa shape index (κ2) is 26.5. The van der Waals surface area contributed by atoms with Crippen LogP contribution in [0.4, 0.5) is 0 Å². The molecule has 184 valence electrons. The molecule has 2 heterocycles. The van der Waals surface area contributed by atoms with Crippen LogP contribution in [-0.4, -0.2) is 307 Å². The topological polar surface area (TPSA) is 224 Å². The summed E-state index contributed by atoms with van der Waals surface area (Å²) in [5, 5.41) is 48.2. The Morgan fingerprint density at radius 2 is 0.658 bits per heavy atom. The maximum Gasteiger partial charge on any atom is 0 e. The third-order valence-electron chi connectivity index (χ3n) is 3.48. The summed E-state index contributed by atoms with van der Waals surface area (Å²) in [5.74, 6) is -8.30. The maximum atomic E-state index is 11.9. The van der Waals surface area contributed by atoms with Crippen molar-refractivity contribution in [1.82, 2.24) is 0 Å². The zero-order valence-electron chi connectivity index (χ0n) is 20.9. The van der Waals surface area contributed by atoms with Crippen LogP contribution in [-0.2, 0) is 28.8 Å². The van der Waals surface area contributed by atoms with Crippen LogP contribution in [0.25, 0.3) is 0 Å². The maximum absolute atomic E-state index is 11.9. The number of carboxylic acids is 6. The van der Waals surface area contributed by atoms with Gasteiger partial charge in [0.1, 0.15) is 0 Å². The van der Waals surface area contributed by atoms with Crippen molar-refractivity contribution in [2.24, 2.45) is 0 Å². The molecule has 6 N–H and O–H groups in total. The molecular weight excluding hydrogens is 910 g/mol. The van der Waals surface area contributed by atoms with Gasteiger partial charge in [-0.25, -0.2) is 0 Å². The Morgan fingerprint density at radius 3 is 0.789 bits per heavy atom. The van der Waals surface area contributed by atoms with Crippen molar-refractivity contribution < 1.29 is 59.4 Å². The van der Waals surface area contributed by atoms with Crippen molar-refractivity contribution in [3.63, 3.8) is 0 Å². The van der Waals surface area contributed by atoms with Crippen molar-refractivity contribution in [2.45, 2.75) is 31.5 Å². The molecule has 2 fully saturated rings. The number of carboxylic acid groups (broad SMARTS) is 6. The fourth-order valence-electron chi connectivity index (χ4n) is 2.08. The third-order valence-corrected chi connectivity index (χ3v) is 50.5. The Bertz CT molecular complexity index is 744. The van der Waals surface area contributed by atoms with Gasteiger partial charge in [0, 0.05) is 177 Å². The first-order valence-electron chi connectivity index (χ1n) is 7.81. The predicted molar refractivity (Wildman–Crippen MR) is 160 cm³/mol. The molecule has 38 heavy (non-hydrogen) atoms. The van der Waals surface area contributed by atoms with E-state index in [1.165, 1.54) is 0 Å². The second-order valence-electron chi connectivity index (χ2n) is 5.63. The van der Waals surface area contributed by atoms with E-state index in [2.05, 4.69) is 0 Å². The van der Waals surface area contributed by atoms with E-state index in [1.54, 1.807) is 0 Å². The average molecular weight is 922 g/mol. The molecule has 2 saturated heterocycles. The molecule has 0 aromatic carbocycles. The monoisotopic (exact) mass is 920 g/mol. The minimum atomic E-state index is -2.99. The van der Waals surface area contributed by atoms with E-state index in [0.29, 0.717) is 0 Å². The van der Waals surface area contributed by atoms with E-state index in [0.717, 1.165) is 53.1 Å². The molecule has 0 spiro atoms. The van der Waals surface area contributed by atoms with Gasteiger partial charge in [-0.1, -0.05) is 0 Å². The third kappa shape index (κ3) is 16.6. The van der Waals surface area contributed by atoms with Crippen LogP contribution in [0.15, 0.2) is 0 Å². The number of hydrogen-bond acceptors (Lipinski definition) is 12. The quantitative estimate of drug-likeness (QED) is 0.121. The van der Waals surface area contributed by atoms with Gasteiger partial charge in [-0.2, -0.15) is 0 Å². The summed E-state index contributed by atoms with van der Waals surface area (Å²) in [7, 11) is 5.17. The number of hydrogen-bond donors (Lipinski definition) is 6. The second-order valence-corrected chi connectivity index (χ2v) is 47.3. The molecule has 0 aromatic heterocycles. The van der Waals surface area contributed by atoms with E-state index >= 15 is 0 Å². The van der Waals surface area contributed by atoms with Crippen molar-refractivity contribution in [2.75, 3.05) is 0 Å². The van der Waals surface area contributed by atoms with E-state index < -0.39 is 99.3 Å². The summed E-state index contributed by atoms with van der Waals surface area (Å²) in [5.41, 5.74) is 0. The Balaban J connectivity index is -0.000000605. The van der Waals surface area contributed by atoms with Gasteiger partial charge in [-0.15, -0.1) is 0 Å². The van der Waals surface area contributed by atoms with Crippen LogP contribution in [0, 0.1) is 0 Å². The summed E-state index contributed by atoms with van der Waals surface area (Å²) in [4.78, 5) is 69.1. The molecule has 6 atom stereocenters. The van der Waals surface area contributed by atoms with Crippen LogP contribution >= 0.6 is 53.1 Å². The Labute approximate surface area is 380 Å². The molecule has 0 amide bonds. The molecular formula is C12H12Na6O12S6Sb2. The standard InChI is InChI=1S/3C4H6O4S2.6Na.2Sb/c3*5-3(6)1(9)2(10)4(7)8;;;;;;;;/h3*1-2,9-10H,(H,5,6)(H,7,8);;;;;;;;/q;;;;;;;;;2*+3/p-6. The summed E-state index contributed by atoms with van der Waals surface area (Å²) in [6, 6.07) is 0. The summed E-state index contributed by atoms with van der Waals surface area (Å²) >= 11 is -5.97. The number of carbonyl (C=O) groups is 6. The summed E-state index contributed by atoms with van der Waals surface area (Å²) < 4.78 is 0. The van der Waals surface area contributed by atoms with Gasteiger partial charge >= 0.3 is 212 Å². The molecule has 0 saturated carbocycles. The molecule has 2 aliphatic heterocycles. The zero-order chi connectivity index (χ0) is 24.3. The fraction of sp³-hybridized carbons (Fsp3) is 0.500. The van der Waals surface area contributed by atoms with Crippen LogP contribution in [0.2, 0.25) is 0 Å². The number of rotatable bonds is 11. The van der Waals surface area contributed by atoms with Gasteiger partial charge < -0.3 is 0 Å². The first-order valence-corrected chi connectivity index (χ1v) is 31.6. The van der Waals surface area contributed by atoms with Crippen molar-refractivity contribution in [1.29, 1.82) is 0 Å². The van der Waals surface area contributed by atoms with Crippen molar-refractivity contribution >= 4 is 298 Å². The summed E-state index contributed by atoms with van der Waals surface area (Å²) in [6.45, 7) is 0. The predicted octanol–water partition coefficient (Wildman–Crippen LogP) is -2.18. The van der Waals surface area contributed by atoms with Crippen LogP contribution < -0.4 is 0 Å². The molecule has 0 bridgehead atoms. The Morgan fingerprint density at radius 1 is 0.474 bits per heavy atom. The Kier molecular flexibility index (Phi) is 37.7. The zero-order valence-corrected chi connectivity index (χ0v) is 42.9. The van der Waals surface area contributed by atoms with E-state index in [4.69, 9.17) is 0 Å². The average Bonchev–Trinajstić information content (AvgIpc) is 3.29. The van der Waals surface area contributed by atoms with Crippen LogP contribution in [0.5, 0.6) is 0 Å². The van der Waals surface area contributed by atoms with Crippen molar-refractivity contribution in [3.05, 3.63) is 0 Å². The molecule has 0 aliphatic carbocycles. The SMILES string of the molecule is O=C(O)C1[S][Sb]([S]C(C(=O)O)C([S][Sb]2[S]C(C(=O)O)C(C(=O)O)[S]2)C(=O)O)[S]C1C(=O)O.[Na].[Na].[Na].[Na].[Na].[Na].